The molecule has 0 unspecified atom stereocenters. The summed E-state index contributed by atoms with van der Waals surface area (Å²) < 4.78 is 5.51. The van der Waals surface area contributed by atoms with Gasteiger partial charge in [0, 0.05) is 18.2 Å². The Kier molecular flexibility index (Phi) is 12.3. The van der Waals surface area contributed by atoms with Gasteiger partial charge in [-0.15, -0.1) is 0 Å². The summed E-state index contributed by atoms with van der Waals surface area (Å²) >= 11 is 0. The summed E-state index contributed by atoms with van der Waals surface area (Å²) in [5, 5.41) is 36.7. The number of carboxylic acid groups (broad SMARTS) is 2. The van der Waals surface area contributed by atoms with Crippen LogP contribution < -0.4 is 0 Å². The highest BCUT2D eigenvalue weighted by Gasteiger charge is 2.34. The highest BCUT2D eigenvalue weighted by molar-refractivity contribution is 5.92. The van der Waals surface area contributed by atoms with Crippen molar-refractivity contribution in [2.24, 2.45) is 0 Å². The third-order valence-electron chi connectivity index (χ3n) is 7.03. The molecule has 36 heavy (non-hydrogen) atoms. The summed E-state index contributed by atoms with van der Waals surface area (Å²) in [6, 6.07) is 2.66. The molecule has 0 spiro atoms. The Labute approximate surface area is 212 Å². The van der Waals surface area contributed by atoms with Crippen molar-refractivity contribution < 1.29 is 39.3 Å². The van der Waals surface area contributed by atoms with E-state index in [4.69, 9.17) is 24.9 Å². The summed E-state index contributed by atoms with van der Waals surface area (Å²) in [6.45, 7) is 6.94. The Morgan fingerprint density at radius 1 is 0.889 bits per heavy atom. The normalized spacial score (nSPS) is 18.7. The number of aliphatic carboxylic acids is 2. The predicted molar refractivity (Wildman–Crippen MR) is 130 cm³/mol. The van der Waals surface area contributed by atoms with Gasteiger partial charge < -0.3 is 29.8 Å². The molecular formula is C25H41N3O8. The van der Waals surface area contributed by atoms with Crippen LogP contribution in [0.2, 0.25) is 0 Å². The fourth-order valence-corrected chi connectivity index (χ4v) is 4.91. The van der Waals surface area contributed by atoms with Crippen molar-refractivity contribution in [1.29, 1.82) is 0 Å². The fraction of sp³-hybridized carbons (Fsp3) is 0.760. The van der Waals surface area contributed by atoms with E-state index in [0.29, 0.717) is 17.8 Å². The van der Waals surface area contributed by atoms with Gasteiger partial charge in [-0.05, 0) is 38.8 Å². The lowest BCUT2D eigenvalue weighted by Crippen LogP contribution is -2.48. The molecule has 2 atom stereocenters. The highest BCUT2D eigenvalue weighted by Crippen LogP contribution is 2.31. The number of carbonyl (C=O) groups excluding carboxylic acids is 1. The van der Waals surface area contributed by atoms with E-state index in [-0.39, 0.29) is 5.91 Å². The Morgan fingerprint density at radius 3 is 1.72 bits per heavy atom. The van der Waals surface area contributed by atoms with Crippen molar-refractivity contribution >= 4 is 17.8 Å². The molecule has 2 saturated carbocycles. The van der Waals surface area contributed by atoms with Crippen LogP contribution in [0.1, 0.15) is 94.3 Å². The van der Waals surface area contributed by atoms with E-state index in [9.17, 15) is 14.4 Å². The monoisotopic (exact) mass is 511 g/mol. The zero-order chi connectivity index (χ0) is 26.7. The third-order valence-corrected chi connectivity index (χ3v) is 7.03. The molecule has 0 aromatic carbocycles. The van der Waals surface area contributed by atoms with Gasteiger partial charge in [0.1, 0.15) is 0 Å². The highest BCUT2D eigenvalue weighted by atomic mass is 16.5. The zero-order valence-corrected chi connectivity index (χ0v) is 21.3. The number of aromatic nitrogens is 1. The number of carbonyl (C=O) groups is 3. The largest absolute Gasteiger partial charge is 0.479 e. The van der Waals surface area contributed by atoms with Gasteiger partial charge in [-0.1, -0.05) is 57.5 Å². The van der Waals surface area contributed by atoms with E-state index >= 15 is 0 Å². The van der Waals surface area contributed by atoms with Crippen LogP contribution in [0.15, 0.2) is 10.6 Å². The smallest absolute Gasteiger partial charge is 0.335 e. The SMILES string of the molecule is CCN(CC)Cc1cc(C(=O)N(C2CCCCC2)C2CCCCC2)no1.O=C(O)[C@H](O)[C@@H](O)C(=O)O. The quantitative estimate of drug-likeness (QED) is 0.367. The second-order valence-corrected chi connectivity index (χ2v) is 9.50. The van der Waals surface area contributed by atoms with E-state index < -0.39 is 24.1 Å². The molecule has 204 valence electrons. The number of amides is 1. The molecule has 2 aliphatic rings. The lowest BCUT2D eigenvalue weighted by Gasteiger charge is -2.41. The van der Waals surface area contributed by atoms with Crippen LogP contribution in [0.5, 0.6) is 0 Å². The Morgan fingerprint density at radius 2 is 1.33 bits per heavy atom. The molecule has 11 heteroatoms. The van der Waals surface area contributed by atoms with Crippen molar-refractivity contribution in [1.82, 2.24) is 15.0 Å². The minimum absolute atomic E-state index is 0.0957. The van der Waals surface area contributed by atoms with Crippen molar-refractivity contribution in [3.8, 4) is 0 Å². The summed E-state index contributed by atoms with van der Waals surface area (Å²) in [7, 11) is 0. The molecular weight excluding hydrogens is 470 g/mol. The van der Waals surface area contributed by atoms with Crippen LogP contribution in [-0.2, 0) is 16.1 Å². The topological polar surface area (TPSA) is 165 Å². The number of aliphatic hydroxyl groups is 2. The maximum Gasteiger partial charge on any atom is 0.335 e. The molecule has 1 aromatic heterocycles. The number of rotatable bonds is 10. The lowest BCUT2D eigenvalue weighted by molar-refractivity contribution is -0.165. The Balaban J connectivity index is 0.000000388. The minimum atomic E-state index is -2.27. The van der Waals surface area contributed by atoms with E-state index in [1.807, 2.05) is 6.07 Å². The standard InChI is InChI=1S/C21H35N3O2.C4H6O6/c1-3-23(4-2)16-19-15-20(22-26-19)21(25)24(17-11-7-5-8-12-17)18-13-9-6-10-14-18;5-1(3(7)8)2(6)4(9)10/h15,17-18H,3-14,16H2,1-2H3;1-2,5-6H,(H,7,8)(H,9,10)/t;1-,2-/m.1/s1. The third kappa shape index (κ3) is 8.56. The van der Waals surface area contributed by atoms with Crippen LogP contribution in [0.3, 0.4) is 0 Å². The molecule has 1 aromatic rings. The average molecular weight is 512 g/mol. The molecule has 11 nitrogen and oxygen atoms in total. The van der Waals surface area contributed by atoms with Gasteiger partial charge in [0.25, 0.3) is 5.91 Å². The van der Waals surface area contributed by atoms with Gasteiger partial charge in [0.15, 0.2) is 23.7 Å². The van der Waals surface area contributed by atoms with Crippen LogP contribution in [0.4, 0.5) is 0 Å². The first kappa shape index (κ1) is 29.7. The van der Waals surface area contributed by atoms with Gasteiger partial charge in [-0.3, -0.25) is 9.69 Å². The molecule has 2 fully saturated rings. The lowest BCUT2D eigenvalue weighted by atomic mass is 9.88. The molecule has 0 saturated heterocycles. The molecule has 0 radical (unpaired) electrons. The summed E-state index contributed by atoms with van der Waals surface area (Å²) in [5.41, 5.74) is 0.503. The van der Waals surface area contributed by atoms with Gasteiger partial charge in [-0.25, -0.2) is 9.59 Å². The molecule has 1 heterocycles. The van der Waals surface area contributed by atoms with Gasteiger partial charge in [0.05, 0.1) is 6.54 Å². The summed E-state index contributed by atoms with van der Waals surface area (Å²) in [6.07, 6.45) is 7.63. The number of aliphatic hydroxyl groups excluding tert-OH is 2. The fourth-order valence-electron chi connectivity index (χ4n) is 4.91. The van der Waals surface area contributed by atoms with E-state index in [2.05, 4.69) is 28.8 Å². The average Bonchev–Trinajstić information content (AvgIpc) is 3.36. The van der Waals surface area contributed by atoms with Gasteiger partial charge >= 0.3 is 11.9 Å². The summed E-state index contributed by atoms with van der Waals surface area (Å²) in [5.74, 6) is -2.65. The molecule has 0 bridgehead atoms. The molecule has 0 aliphatic heterocycles. The van der Waals surface area contributed by atoms with Crippen molar-refractivity contribution in [3.63, 3.8) is 0 Å². The number of hydrogen-bond donors (Lipinski definition) is 4. The first-order chi connectivity index (χ1) is 17.2. The van der Waals surface area contributed by atoms with Gasteiger partial charge in [0.2, 0.25) is 0 Å². The zero-order valence-electron chi connectivity index (χ0n) is 21.3. The van der Waals surface area contributed by atoms with Crippen molar-refractivity contribution in [3.05, 3.63) is 17.5 Å². The molecule has 1 amide bonds. The Hall–Kier alpha value is -2.50. The first-order valence-corrected chi connectivity index (χ1v) is 13.0. The maximum atomic E-state index is 13.4. The number of hydrogen-bond acceptors (Lipinski definition) is 8. The maximum absolute atomic E-state index is 13.4. The van der Waals surface area contributed by atoms with E-state index in [0.717, 1.165) is 51.1 Å². The van der Waals surface area contributed by atoms with Gasteiger partial charge in [-0.2, -0.15) is 0 Å². The van der Waals surface area contributed by atoms with Crippen LogP contribution in [0, 0.1) is 0 Å². The van der Waals surface area contributed by atoms with Crippen molar-refractivity contribution in [2.45, 2.75) is 109 Å². The van der Waals surface area contributed by atoms with Crippen LogP contribution in [0.25, 0.3) is 0 Å². The number of carboxylic acids is 2. The first-order valence-electron chi connectivity index (χ1n) is 13.0. The predicted octanol–water partition coefficient (Wildman–Crippen LogP) is 2.50. The van der Waals surface area contributed by atoms with E-state index in [1.165, 1.54) is 38.5 Å². The minimum Gasteiger partial charge on any atom is -0.479 e. The summed E-state index contributed by atoms with van der Waals surface area (Å²) in [4.78, 5) is 37.4. The second-order valence-electron chi connectivity index (χ2n) is 9.50. The molecule has 3 rings (SSSR count). The molecule has 2 aliphatic carbocycles. The Bertz CT molecular complexity index is 793. The van der Waals surface area contributed by atoms with Crippen LogP contribution in [-0.4, -0.2) is 90.6 Å². The van der Waals surface area contributed by atoms with Crippen LogP contribution >= 0.6 is 0 Å². The second kappa shape index (κ2) is 14.9. The molecule has 4 N–H and O–H groups in total. The van der Waals surface area contributed by atoms with Crippen molar-refractivity contribution in [2.75, 3.05) is 13.1 Å². The van der Waals surface area contributed by atoms with E-state index in [1.54, 1.807) is 0 Å². The number of nitrogens with zero attached hydrogens (tertiary/aromatic N) is 3.